The van der Waals surface area contributed by atoms with Crippen molar-refractivity contribution < 1.29 is 4.79 Å². The van der Waals surface area contributed by atoms with Crippen LogP contribution in [0, 0.1) is 5.41 Å². The van der Waals surface area contributed by atoms with Crippen molar-refractivity contribution in [2.24, 2.45) is 11.1 Å². The quantitative estimate of drug-likeness (QED) is 0.722. The van der Waals surface area contributed by atoms with Crippen LogP contribution in [0.1, 0.15) is 17.5 Å². The molecule has 3 aromatic rings. The molecule has 2 N–H and O–H groups in total. The second kappa shape index (κ2) is 7.90. The van der Waals surface area contributed by atoms with Gasteiger partial charge in [-0.05, 0) is 48.2 Å². The second-order valence-electron chi connectivity index (χ2n) is 7.54. The number of likely N-dealkylation sites (tertiary alicyclic amines) is 1. The number of nitrogens with zero attached hydrogens (tertiary/aromatic N) is 3. The van der Waals surface area contributed by atoms with Gasteiger partial charge in [0.05, 0.1) is 5.41 Å². The van der Waals surface area contributed by atoms with Gasteiger partial charge in [-0.2, -0.15) is 0 Å². The molecule has 5 nitrogen and oxygen atoms in total. The SMILES string of the molecule is NC(=O)[C@]1(Cc2ccccc2-c2cccnc2)CCN(Cc2cccnc2)C1. The normalized spacial score (nSPS) is 19.6. The lowest BCUT2D eigenvalue weighted by Crippen LogP contribution is -2.41. The van der Waals surface area contributed by atoms with Crippen LogP contribution in [0.25, 0.3) is 11.1 Å². The monoisotopic (exact) mass is 372 g/mol. The second-order valence-corrected chi connectivity index (χ2v) is 7.54. The number of benzene rings is 1. The van der Waals surface area contributed by atoms with Crippen molar-refractivity contribution in [1.82, 2.24) is 14.9 Å². The number of hydrogen-bond acceptors (Lipinski definition) is 4. The molecule has 142 valence electrons. The third-order valence-electron chi connectivity index (χ3n) is 5.60. The van der Waals surface area contributed by atoms with E-state index in [1.165, 1.54) is 0 Å². The number of rotatable bonds is 6. The Balaban J connectivity index is 1.58. The fraction of sp³-hybridized carbons (Fsp3) is 0.261. The molecule has 1 saturated heterocycles. The number of hydrogen-bond donors (Lipinski definition) is 1. The van der Waals surface area contributed by atoms with Crippen LogP contribution in [-0.2, 0) is 17.8 Å². The van der Waals surface area contributed by atoms with Crippen LogP contribution in [-0.4, -0.2) is 33.9 Å². The highest BCUT2D eigenvalue weighted by Gasteiger charge is 2.43. The third kappa shape index (κ3) is 3.80. The molecule has 0 aliphatic carbocycles. The van der Waals surface area contributed by atoms with Crippen LogP contribution in [0.3, 0.4) is 0 Å². The summed E-state index contributed by atoms with van der Waals surface area (Å²) < 4.78 is 0. The van der Waals surface area contributed by atoms with Crippen molar-refractivity contribution in [3.63, 3.8) is 0 Å². The molecule has 0 bridgehead atoms. The minimum atomic E-state index is -0.555. The molecule has 2 aromatic heterocycles. The highest BCUT2D eigenvalue weighted by atomic mass is 16.1. The maximum atomic E-state index is 12.5. The van der Waals surface area contributed by atoms with E-state index in [-0.39, 0.29) is 5.91 Å². The van der Waals surface area contributed by atoms with E-state index in [4.69, 9.17) is 5.73 Å². The molecule has 1 aliphatic rings. The Bertz CT molecular complexity index is 945. The van der Waals surface area contributed by atoms with E-state index in [0.29, 0.717) is 13.0 Å². The van der Waals surface area contributed by atoms with Crippen LogP contribution in [0.15, 0.2) is 73.3 Å². The van der Waals surface area contributed by atoms with Gasteiger partial charge in [0.25, 0.3) is 0 Å². The van der Waals surface area contributed by atoms with Gasteiger partial charge in [0, 0.05) is 43.4 Å². The van der Waals surface area contributed by atoms with E-state index in [9.17, 15) is 4.79 Å². The largest absolute Gasteiger partial charge is 0.369 e. The minimum absolute atomic E-state index is 0.220. The molecule has 1 aromatic carbocycles. The van der Waals surface area contributed by atoms with Gasteiger partial charge in [-0.15, -0.1) is 0 Å². The van der Waals surface area contributed by atoms with Crippen molar-refractivity contribution in [1.29, 1.82) is 0 Å². The summed E-state index contributed by atoms with van der Waals surface area (Å²) in [6.07, 6.45) is 8.68. The molecule has 1 amide bonds. The maximum absolute atomic E-state index is 12.5. The van der Waals surface area contributed by atoms with Gasteiger partial charge in [0.15, 0.2) is 0 Å². The lowest BCUT2D eigenvalue weighted by Gasteiger charge is -2.27. The van der Waals surface area contributed by atoms with Gasteiger partial charge < -0.3 is 5.73 Å². The van der Waals surface area contributed by atoms with Crippen LogP contribution >= 0.6 is 0 Å². The topological polar surface area (TPSA) is 72.1 Å². The summed E-state index contributed by atoms with van der Waals surface area (Å²) in [5, 5.41) is 0. The Hall–Kier alpha value is -3.05. The van der Waals surface area contributed by atoms with E-state index in [2.05, 4.69) is 33.1 Å². The minimum Gasteiger partial charge on any atom is -0.369 e. The van der Waals surface area contributed by atoms with Gasteiger partial charge in [-0.25, -0.2) is 0 Å². The van der Waals surface area contributed by atoms with Crippen LogP contribution in [0.4, 0.5) is 0 Å². The number of pyridine rings is 2. The van der Waals surface area contributed by atoms with Crippen LogP contribution < -0.4 is 5.73 Å². The van der Waals surface area contributed by atoms with Gasteiger partial charge >= 0.3 is 0 Å². The van der Waals surface area contributed by atoms with Gasteiger partial charge in [0.2, 0.25) is 5.91 Å². The van der Waals surface area contributed by atoms with Crippen molar-refractivity contribution in [2.75, 3.05) is 13.1 Å². The lowest BCUT2D eigenvalue weighted by atomic mass is 9.78. The Morgan fingerprint density at radius 2 is 1.82 bits per heavy atom. The molecular formula is C23H24N4O. The predicted octanol–water partition coefficient (Wildman–Crippen LogP) is 3.06. The molecular weight excluding hydrogens is 348 g/mol. The summed E-state index contributed by atoms with van der Waals surface area (Å²) in [6.45, 7) is 2.30. The first-order valence-electron chi connectivity index (χ1n) is 9.56. The summed E-state index contributed by atoms with van der Waals surface area (Å²) >= 11 is 0. The van der Waals surface area contributed by atoms with E-state index >= 15 is 0 Å². The van der Waals surface area contributed by atoms with E-state index in [0.717, 1.165) is 41.8 Å². The van der Waals surface area contributed by atoms with E-state index < -0.39 is 5.41 Å². The Morgan fingerprint density at radius 1 is 1.04 bits per heavy atom. The van der Waals surface area contributed by atoms with Crippen LogP contribution in [0.2, 0.25) is 0 Å². The molecule has 1 atom stereocenters. The zero-order valence-corrected chi connectivity index (χ0v) is 15.8. The number of amides is 1. The first-order chi connectivity index (χ1) is 13.7. The number of aromatic nitrogens is 2. The lowest BCUT2D eigenvalue weighted by molar-refractivity contribution is -0.127. The molecule has 1 fully saturated rings. The van der Waals surface area contributed by atoms with Crippen molar-refractivity contribution in [2.45, 2.75) is 19.4 Å². The predicted molar refractivity (Wildman–Crippen MR) is 109 cm³/mol. The molecule has 0 saturated carbocycles. The number of carbonyl (C=O) groups is 1. The highest BCUT2D eigenvalue weighted by molar-refractivity contribution is 5.82. The molecule has 0 spiro atoms. The van der Waals surface area contributed by atoms with Crippen LogP contribution in [0.5, 0.6) is 0 Å². The summed E-state index contributed by atoms with van der Waals surface area (Å²) in [4.78, 5) is 23.3. The van der Waals surface area contributed by atoms with Gasteiger partial charge in [-0.3, -0.25) is 19.7 Å². The summed E-state index contributed by atoms with van der Waals surface area (Å²) in [5.74, 6) is -0.220. The number of primary amides is 1. The highest BCUT2D eigenvalue weighted by Crippen LogP contribution is 2.37. The number of nitrogens with two attached hydrogens (primary N) is 1. The molecule has 5 heteroatoms. The maximum Gasteiger partial charge on any atom is 0.225 e. The molecule has 0 unspecified atom stereocenters. The zero-order chi connectivity index (χ0) is 19.4. The zero-order valence-electron chi connectivity index (χ0n) is 15.8. The van der Waals surface area contributed by atoms with E-state index in [1.807, 2.05) is 42.7 Å². The number of carbonyl (C=O) groups excluding carboxylic acids is 1. The summed E-state index contributed by atoms with van der Waals surface area (Å²) in [5.41, 5.74) is 9.84. The first kappa shape index (κ1) is 18.3. The molecule has 3 heterocycles. The molecule has 1 aliphatic heterocycles. The fourth-order valence-electron chi connectivity index (χ4n) is 4.12. The Labute approximate surface area is 165 Å². The van der Waals surface area contributed by atoms with Gasteiger partial charge in [-0.1, -0.05) is 36.4 Å². The van der Waals surface area contributed by atoms with Crippen molar-refractivity contribution in [3.05, 3.63) is 84.4 Å². The smallest absolute Gasteiger partial charge is 0.225 e. The molecule has 4 rings (SSSR count). The average molecular weight is 372 g/mol. The summed E-state index contributed by atoms with van der Waals surface area (Å²) in [6, 6.07) is 16.2. The Morgan fingerprint density at radius 3 is 2.54 bits per heavy atom. The van der Waals surface area contributed by atoms with Crippen molar-refractivity contribution in [3.8, 4) is 11.1 Å². The standard InChI is InChI=1S/C23H24N4O/c24-22(28)23(9-12-27(17-23)16-18-5-3-10-25-14-18)13-19-6-1-2-8-21(19)20-7-4-11-26-15-20/h1-8,10-11,14-15H,9,12-13,16-17H2,(H2,24,28)/t23-/m0/s1. The molecule has 28 heavy (non-hydrogen) atoms. The molecule has 0 radical (unpaired) electrons. The Kier molecular flexibility index (Phi) is 5.17. The summed E-state index contributed by atoms with van der Waals surface area (Å²) in [7, 11) is 0. The average Bonchev–Trinajstić information content (AvgIpc) is 3.14. The fourth-order valence-corrected chi connectivity index (χ4v) is 4.12. The first-order valence-corrected chi connectivity index (χ1v) is 9.56. The van der Waals surface area contributed by atoms with Gasteiger partial charge in [0.1, 0.15) is 0 Å². The van der Waals surface area contributed by atoms with E-state index in [1.54, 1.807) is 12.4 Å². The van der Waals surface area contributed by atoms with Crippen molar-refractivity contribution >= 4 is 5.91 Å². The third-order valence-corrected chi connectivity index (χ3v) is 5.60.